The van der Waals surface area contributed by atoms with Crippen molar-refractivity contribution in [3.63, 3.8) is 0 Å². The molecule has 3 aromatic rings. The number of thiophene rings is 1. The van der Waals surface area contributed by atoms with Crippen LogP contribution in [0.4, 0.5) is 4.39 Å². The first-order chi connectivity index (χ1) is 13.5. The Labute approximate surface area is 165 Å². The van der Waals surface area contributed by atoms with E-state index in [2.05, 4.69) is 0 Å². The zero-order chi connectivity index (χ0) is 19.8. The van der Waals surface area contributed by atoms with Crippen LogP contribution in [0.1, 0.15) is 23.3 Å². The minimum absolute atomic E-state index is 0.0317. The Morgan fingerprint density at radius 2 is 2.00 bits per heavy atom. The molecule has 1 aromatic heterocycles. The molecule has 0 saturated heterocycles. The molecule has 0 spiro atoms. The van der Waals surface area contributed by atoms with Crippen LogP contribution >= 0.6 is 11.3 Å². The fourth-order valence-electron chi connectivity index (χ4n) is 3.36. The van der Waals surface area contributed by atoms with Crippen molar-refractivity contribution in [2.45, 2.75) is 12.8 Å². The summed E-state index contributed by atoms with van der Waals surface area (Å²) in [5.41, 5.74) is 7.16. The lowest BCUT2D eigenvalue weighted by atomic mass is 9.87. The van der Waals surface area contributed by atoms with E-state index in [9.17, 15) is 9.18 Å². The van der Waals surface area contributed by atoms with Crippen LogP contribution in [-0.2, 0) is 9.53 Å². The highest BCUT2D eigenvalue weighted by Crippen LogP contribution is 2.51. The molecular formula is C21H18FNO4S. The molecule has 1 aliphatic heterocycles. The number of fused-ring (bicyclic) bond motifs is 3. The quantitative estimate of drug-likeness (QED) is 0.662. The van der Waals surface area contributed by atoms with Crippen molar-refractivity contribution in [1.82, 2.24) is 0 Å². The fraction of sp³-hybridized carbons (Fsp3) is 0.190. The molecule has 1 aliphatic rings. The smallest absolute Gasteiger partial charge is 0.340 e. The van der Waals surface area contributed by atoms with Gasteiger partial charge in [0.15, 0.2) is 5.75 Å². The summed E-state index contributed by atoms with van der Waals surface area (Å²) in [5, 5.41) is 0.629. The summed E-state index contributed by atoms with van der Waals surface area (Å²) in [5.74, 6) is -0.283. The molecule has 7 heteroatoms. The van der Waals surface area contributed by atoms with E-state index in [1.54, 1.807) is 38.3 Å². The lowest BCUT2D eigenvalue weighted by Gasteiger charge is -2.26. The Balaban J connectivity index is 1.95. The summed E-state index contributed by atoms with van der Waals surface area (Å²) < 4.78 is 31.1. The number of esters is 1. The van der Waals surface area contributed by atoms with Crippen molar-refractivity contribution in [3.05, 3.63) is 70.2 Å². The van der Waals surface area contributed by atoms with Gasteiger partial charge in [0.05, 0.1) is 29.2 Å². The summed E-state index contributed by atoms with van der Waals surface area (Å²) in [6, 6.07) is 12.1. The lowest BCUT2D eigenvalue weighted by molar-refractivity contribution is -0.139. The Morgan fingerprint density at radius 1 is 1.25 bits per heavy atom. The normalized spacial score (nSPS) is 15.9. The molecule has 0 fully saturated rings. The van der Waals surface area contributed by atoms with Crippen LogP contribution in [0, 0.1) is 5.82 Å². The highest BCUT2D eigenvalue weighted by atomic mass is 32.1. The van der Waals surface area contributed by atoms with Crippen LogP contribution in [-0.4, -0.2) is 19.7 Å². The molecule has 2 aromatic carbocycles. The van der Waals surface area contributed by atoms with Gasteiger partial charge in [0.1, 0.15) is 17.1 Å². The van der Waals surface area contributed by atoms with E-state index in [0.29, 0.717) is 26.5 Å². The van der Waals surface area contributed by atoms with Crippen LogP contribution in [0.25, 0.3) is 10.1 Å². The number of halogens is 1. The summed E-state index contributed by atoms with van der Waals surface area (Å²) in [4.78, 5) is 13.4. The maximum absolute atomic E-state index is 14.4. The van der Waals surface area contributed by atoms with Gasteiger partial charge in [-0.3, -0.25) is 0 Å². The second-order valence-electron chi connectivity index (χ2n) is 6.22. The molecule has 0 radical (unpaired) electrons. The maximum Gasteiger partial charge on any atom is 0.340 e. The Morgan fingerprint density at radius 3 is 2.68 bits per heavy atom. The van der Waals surface area contributed by atoms with Gasteiger partial charge in [-0.1, -0.05) is 18.2 Å². The Hall–Kier alpha value is -3.06. The molecule has 4 rings (SSSR count). The van der Waals surface area contributed by atoms with Crippen LogP contribution < -0.4 is 15.2 Å². The molecule has 2 N–H and O–H groups in total. The third-order valence-electron chi connectivity index (χ3n) is 4.62. The number of rotatable bonds is 4. The highest BCUT2D eigenvalue weighted by Gasteiger charge is 2.38. The first-order valence-electron chi connectivity index (χ1n) is 8.74. The molecule has 0 bridgehead atoms. The van der Waals surface area contributed by atoms with Crippen molar-refractivity contribution in [2.24, 2.45) is 5.73 Å². The average Bonchev–Trinajstić information content (AvgIpc) is 3.07. The number of methoxy groups -OCH3 is 1. The number of carbonyl (C=O) groups excluding carboxylic acids is 1. The third kappa shape index (κ3) is 2.88. The lowest BCUT2D eigenvalue weighted by Crippen LogP contribution is -2.26. The van der Waals surface area contributed by atoms with Crippen molar-refractivity contribution < 1.29 is 23.4 Å². The first kappa shape index (κ1) is 18.3. The van der Waals surface area contributed by atoms with Gasteiger partial charge < -0.3 is 19.9 Å². The van der Waals surface area contributed by atoms with Crippen LogP contribution in [0.2, 0.25) is 0 Å². The van der Waals surface area contributed by atoms with E-state index in [-0.39, 0.29) is 23.9 Å². The van der Waals surface area contributed by atoms with Crippen LogP contribution in [0.5, 0.6) is 11.5 Å². The Kier molecular flexibility index (Phi) is 4.68. The number of benzene rings is 2. The first-order valence-corrected chi connectivity index (χ1v) is 9.56. The molecule has 0 amide bonds. The standard InChI is InChI=1S/C21H18FNO4S/c1-3-26-21(24)16-15(11-7-9-12(25-2)10-8-11)19-17(27-20(16)23)13-5-4-6-14(22)18(13)28-19/h4-10,15H,3,23H2,1-2H3. The predicted octanol–water partition coefficient (Wildman–Crippen LogP) is 4.31. The summed E-state index contributed by atoms with van der Waals surface area (Å²) in [7, 11) is 1.58. The molecule has 0 aliphatic carbocycles. The minimum atomic E-state index is -0.551. The van der Waals surface area contributed by atoms with E-state index in [1.807, 2.05) is 12.1 Å². The van der Waals surface area contributed by atoms with Gasteiger partial charge in [-0.15, -0.1) is 11.3 Å². The average molecular weight is 399 g/mol. The number of hydrogen-bond acceptors (Lipinski definition) is 6. The maximum atomic E-state index is 14.4. The molecule has 0 saturated carbocycles. The van der Waals surface area contributed by atoms with Gasteiger partial charge in [-0.25, -0.2) is 9.18 Å². The third-order valence-corrected chi connectivity index (χ3v) is 5.88. The molecule has 1 unspecified atom stereocenters. The second-order valence-corrected chi connectivity index (χ2v) is 7.27. The van der Waals surface area contributed by atoms with E-state index in [1.165, 1.54) is 17.4 Å². The summed E-state index contributed by atoms with van der Waals surface area (Å²) >= 11 is 1.25. The van der Waals surface area contributed by atoms with E-state index >= 15 is 0 Å². The van der Waals surface area contributed by atoms with Crippen molar-refractivity contribution in [3.8, 4) is 11.5 Å². The van der Waals surface area contributed by atoms with Gasteiger partial charge in [-0.2, -0.15) is 0 Å². The van der Waals surface area contributed by atoms with Gasteiger partial charge in [-0.05, 0) is 36.8 Å². The van der Waals surface area contributed by atoms with E-state index < -0.39 is 11.9 Å². The zero-order valence-electron chi connectivity index (χ0n) is 15.3. The summed E-state index contributed by atoms with van der Waals surface area (Å²) in [6.07, 6.45) is 0. The van der Waals surface area contributed by atoms with Gasteiger partial charge in [0.2, 0.25) is 5.88 Å². The molecule has 5 nitrogen and oxygen atoms in total. The molecule has 28 heavy (non-hydrogen) atoms. The summed E-state index contributed by atoms with van der Waals surface area (Å²) in [6.45, 7) is 1.93. The highest BCUT2D eigenvalue weighted by molar-refractivity contribution is 7.19. The number of ether oxygens (including phenoxy) is 3. The topological polar surface area (TPSA) is 70.8 Å². The van der Waals surface area contributed by atoms with E-state index in [4.69, 9.17) is 19.9 Å². The fourth-order valence-corrected chi connectivity index (χ4v) is 4.63. The zero-order valence-corrected chi connectivity index (χ0v) is 16.1. The molecule has 2 heterocycles. The Bertz CT molecular complexity index is 1090. The molecule has 144 valence electrons. The second kappa shape index (κ2) is 7.16. The van der Waals surface area contributed by atoms with Gasteiger partial charge in [0, 0.05) is 5.39 Å². The molecule has 1 atom stereocenters. The van der Waals surface area contributed by atoms with Crippen LogP contribution in [0.15, 0.2) is 53.9 Å². The largest absolute Gasteiger partial charge is 0.497 e. The van der Waals surface area contributed by atoms with Crippen LogP contribution in [0.3, 0.4) is 0 Å². The predicted molar refractivity (Wildman–Crippen MR) is 105 cm³/mol. The minimum Gasteiger partial charge on any atom is -0.497 e. The van der Waals surface area contributed by atoms with Crippen molar-refractivity contribution in [2.75, 3.05) is 13.7 Å². The SMILES string of the molecule is CCOC(=O)C1=C(N)Oc2c(sc3c(F)cccc23)C1c1ccc(OC)cc1. The van der Waals surface area contributed by atoms with Crippen molar-refractivity contribution in [1.29, 1.82) is 0 Å². The van der Waals surface area contributed by atoms with Gasteiger partial charge in [0.25, 0.3) is 0 Å². The number of carbonyl (C=O) groups is 1. The van der Waals surface area contributed by atoms with E-state index in [0.717, 1.165) is 5.56 Å². The van der Waals surface area contributed by atoms with Crippen molar-refractivity contribution >= 4 is 27.4 Å². The monoisotopic (exact) mass is 399 g/mol. The number of nitrogens with two attached hydrogens (primary N) is 1. The van der Waals surface area contributed by atoms with Gasteiger partial charge >= 0.3 is 5.97 Å². The molecular weight excluding hydrogens is 381 g/mol. The number of hydrogen-bond donors (Lipinski definition) is 1.